The van der Waals surface area contributed by atoms with Crippen molar-refractivity contribution in [3.63, 3.8) is 0 Å². The van der Waals surface area contributed by atoms with E-state index in [0.29, 0.717) is 12.5 Å². The van der Waals surface area contributed by atoms with Gasteiger partial charge >= 0.3 is 0 Å². The van der Waals surface area contributed by atoms with Crippen molar-refractivity contribution in [2.45, 2.75) is 34.1 Å². The number of rotatable bonds is 6. The van der Waals surface area contributed by atoms with Crippen LogP contribution in [-0.4, -0.2) is 30.8 Å². The van der Waals surface area contributed by atoms with Crippen LogP contribution in [-0.2, 0) is 0 Å². The second-order valence-electron chi connectivity index (χ2n) is 5.43. The van der Waals surface area contributed by atoms with Crippen LogP contribution in [0.2, 0.25) is 0 Å². The third-order valence-corrected chi connectivity index (χ3v) is 3.56. The first-order chi connectivity index (χ1) is 8.43. The third kappa shape index (κ3) is 4.26. The van der Waals surface area contributed by atoms with E-state index >= 15 is 0 Å². The maximum Gasteiger partial charge on any atom is 0.176 e. The average Bonchev–Trinajstić information content (AvgIpc) is 2.32. The predicted molar refractivity (Wildman–Crippen MR) is 77.2 cm³/mol. The van der Waals surface area contributed by atoms with Crippen LogP contribution in [0.15, 0.2) is 18.2 Å². The summed E-state index contributed by atoms with van der Waals surface area (Å²) in [7, 11) is 2.02. The van der Waals surface area contributed by atoms with Crippen molar-refractivity contribution in [3.8, 4) is 0 Å². The molecular weight excluding hydrogens is 222 g/mol. The maximum absolute atomic E-state index is 12.1. The van der Waals surface area contributed by atoms with E-state index in [4.69, 9.17) is 0 Å². The van der Waals surface area contributed by atoms with Gasteiger partial charge in [-0.1, -0.05) is 32.4 Å². The Morgan fingerprint density at radius 1 is 1.28 bits per heavy atom. The van der Waals surface area contributed by atoms with E-state index in [-0.39, 0.29) is 5.78 Å². The second-order valence-corrected chi connectivity index (χ2v) is 5.43. The summed E-state index contributed by atoms with van der Waals surface area (Å²) >= 11 is 0. The van der Waals surface area contributed by atoms with Crippen molar-refractivity contribution in [2.24, 2.45) is 5.92 Å². The van der Waals surface area contributed by atoms with Gasteiger partial charge in [0, 0.05) is 12.1 Å². The molecule has 1 aromatic rings. The van der Waals surface area contributed by atoms with Gasteiger partial charge in [0.15, 0.2) is 5.78 Å². The van der Waals surface area contributed by atoms with Gasteiger partial charge in [0.25, 0.3) is 0 Å². The summed E-state index contributed by atoms with van der Waals surface area (Å²) in [6, 6.07) is 5.95. The lowest BCUT2D eigenvalue weighted by molar-refractivity contribution is 0.0938. The Bertz CT molecular complexity index is 412. The number of hydrogen-bond acceptors (Lipinski definition) is 2. The molecule has 0 fully saturated rings. The molecule has 1 aromatic carbocycles. The Labute approximate surface area is 111 Å². The number of carbonyl (C=O) groups excluding carboxylic acids is 1. The first-order valence-electron chi connectivity index (χ1n) is 6.73. The molecule has 1 rings (SSSR count). The molecule has 1 atom stereocenters. The number of carbonyl (C=O) groups is 1. The number of aryl methyl sites for hydroxylation is 2. The highest BCUT2D eigenvalue weighted by molar-refractivity contribution is 5.97. The summed E-state index contributed by atoms with van der Waals surface area (Å²) < 4.78 is 0. The monoisotopic (exact) mass is 247 g/mol. The highest BCUT2D eigenvalue weighted by atomic mass is 16.1. The molecule has 2 nitrogen and oxygen atoms in total. The van der Waals surface area contributed by atoms with Gasteiger partial charge in [-0.05, 0) is 44.0 Å². The van der Waals surface area contributed by atoms with E-state index in [9.17, 15) is 4.79 Å². The van der Waals surface area contributed by atoms with Gasteiger partial charge in [-0.3, -0.25) is 9.69 Å². The minimum atomic E-state index is 0.212. The predicted octanol–water partition coefficient (Wildman–Crippen LogP) is 3.46. The van der Waals surface area contributed by atoms with E-state index in [2.05, 4.69) is 32.6 Å². The molecule has 18 heavy (non-hydrogen) atoms. The largest absolute Gasteiger partial charge is 0.299 e. The van der Waals surface area contributed by atoms with E-state index in [1.165, 1.54) is 11.1 Å². The van der Waals surface area contributed by atoms with Crippen LogP contribution < -0.4 is 0 Å². The zero-order valence-corrected chi connectivity index (χ0v) is 12.3. The standard InChI is InChI=1S/C16H25NO/c1-6-12(2)10-17(5)11-16(18)15-8-7-13(3)14(4)9-15/h7-9,12H,6,10-11H2,1-5H3. The Balaban J connectivity index is 2.62. The normalized spacial score (nSPS) is 12.8. The number of Topliss-reactive ketones (excluding diaryl/α,β-unsaturated/α-hetero) is 1. The smallest absolute Gasteiger partial charge is 0.176 e. The van der Waals surface area contributed by atoms with Gasteiger partial charge in [0.1, 0.15) is 0 Å². The molecule has 0 saturated heterocycles. The molecule has 2 heteroatoms. The summed E-state index contributed by atoms with van der Waals surface area (Å²) in [6.45, 7) is 10.0. The van der Waals surface area contributed by atoms with E-state index in [1.807, 2.05) is 25.2 Å². The number of ketones is 1. The first-order valence-corrected chi connectivity index (χ1v) is 6.73. The van der Waals surface area contributed by atoms with E-state index in [0.717, 1.165) is 18.5 Å². The van der Waals surface area contributed by atoms with Crippen LogP contribution in [0.4, 0.5) is 0 Å². The molecule has 1 unspecified atom stereocenters. The lowest BCUT2D eigenvalue weighted by atomic mass is 10.0. The van der Waals surface area contributed by atoms with Crippen molar-refractivity contribution < 1.29 is 4.79 Å². The molecule has 0 saturated carbocycles. The van der Waals surface area contributed by atoms with Crippen molar-refractivity contribution in [2.75, 3.05) is 20.1 Å². The molecule has 0 radical (unpaired) electrons. The summed E-state index contributed by atoms with van der Waals surface area (Å²) in [4.78, 5) is 14.3. The highest BCUT2D eigenvalue weighted by Gasteiger charge is 2.11. The zero-order valence-electron chi connectivity index (χ0n) is 12.3. The number of hydrogen-bond donors (Lipinski definition) is 0. The van der Waals surface area contributed by atoms with Crippen LogP contribution >= 0.6 is 0 Å². The van der Waals surface area contributed by atoms with Gasteiger partial charge in [0.2, 0.25) is 0 Å². The molecule has 0 aliphatic carbocycles. The molecular formula is C16H25NO. The fourth-order valence-electron chi connectivity index (χ4n) is 1.98. The molecule has 0 heterocycles. The van der Waals surface area contributed by atoms with E-state index < -0.39 is 0 Å². The topological polar surface area (TPSA) is 20.3 Å². The quantitative estimate of drug-likeness (QED) is 0.717. The SMILES string of the molecule is CCC(C)CN(C)CC(=O)c1ccc(C)c(C)c1. The number of nitrogens with zero attached hydrogens (tertiary/aromatic N) is 1. The minimum Gasteiger partial charge on any atom is -0.299 e. The molecule has 0 aromatic heterocycles. The summed E-state index contributed by atoms with van der Waals surface area (Å²) in [5.74, 6) is 0.853. The molecule has 100 valence electrons. The summed E-state index contributed by atoms with van der Waals surface area (Å²) in [5, 5.41) is 0. The lowest BCUT2D eigenvalue weighted by Gasteiger charge is -2.19. The minimum absolute atomic E-state index is 0.212. The van der Waals surface area contributed by atoms with Gasteiger partial charge in [0.05, 0.1) is 6.54 Å². The van der Waals surface area contributed by atoms with E-state index in [1.54, 1.807) is 0 Å². The second kappa shape index (κ2) is 6.69. The molecule has 0 N–H and O–H groups in total. The average molecular weight is 247 g/mol. The fraction of sp³-hybridized carbons (Fsp3) is 0.562. The summed E-state index contributed by atoms with van der Waals surface area (Å²) in [5.41, 5.74) is 3.25. The maximum atomic E-state index is 12.1. The van der Waals surface area contributed by atoms with Gasteiger partial charge in [-0.2, -0.15) is 0 Å². The highest BCUT2D eigenvalue weighted by Crippen LogP contribution is 2.11. The van der Waals surface area contributed by atoms with Crippen molar-refractivity contribution in [3.05, 3.63) is 34.9 Å². The van der Waals surface area contributed by atoms with Gasteiger partial charge < -0.3 is 0 Å². The van der Waals surface area contributed by atoms with Crippen LogP contribution in [0.3, 0.4) is 0 Å². The number of benzene rings is 1. The van der Waals surface area contributed by atoms with Crippen molar-refractivity contribution in [1.82, 2.24) is 4.90 Å². The van der Waals surface area contributed by atoms with Crippen LogP contribution in [0.25, 0.3) is 0 Å². The first kappa shape index (κ1) is 14.9. The number of likely N-dealkylation sites (N-methyl/N-ethyl adjacent to an activating group) is 1. The lowest BCUT2D eigenvalue weighted by Crippen LogP contribution is -2.30. The van der Waals surface area contributed by atoms with Crippen LogP contribution in [0, 0.1) is 19.8 Å². The zero-order chi connectivity index (χ0) is 13.7. The third-order valence-electron chi connectivity index (χ3n) is 3.56. The van der Waals surface area contributed by atoms with Gasteiger partial charge in [-0.15, -0.1) is 0 Å². The van der Waals surface area contributed by atoms with Gasteiger partial charge in [-0.25, -0.2) is 0 Å². The summed E-state index contributed by atoms with van der Waals surface area (Å²) in [6.07, 6.45) is 1.15. The fourth-order valence-corrected chi connectivity index (χ4v) is 1.98. The molecule has 0 amide bonds. The Hall–Kier alpha value is -1.15. The Morgan fingerprint density at radius 2 is 1.94 bits per heavy atom. The molecule has 0 aliphatic heterocycles. The molecule has 0 spiro atoms. The van der Waals surface area contributed by atoms with Crippen LogP contribution in [0.1, 0.15) is 41.8 Å². The molecule has 0 bridgehead atoms. The van der Waals surface area contributed by atoms with Crippen molar-refractivity contribution in [1.29, 1.82) is 0 Å². The Kier molecular flexibility index (Phi) is 5.54. The van der Waals surface area contributed by atoms with Crippen LogP contribution in [0.5, 0.6) is 0 Å². The molecule has 0 aliphatic rings. The Morgan fingerprint density at radius 3 is 2.50 bits per heavy atom. The van der Waals surface area contributed by atoms with Crippen molar-refractivity contribution >= 4 is 5.78 Å².